The van der Waals surface area contributed by atoms with Crippen molar-refractivity contribution in [1.29, 1.82) is 0 Å². The summed E-state index contributed by atoms with van der Waals surface area (Å²) in [4.78, 5) is 4.73. The fraction of sp³-hybridized carbons (Fsp3) is 0.190. The summed E-state index contributed by atoms with van der Waals surface area (Å²) in [6.45, 7) is 3.47. The van der Waals surface area contributed by atoms with Crippen LogP contribution in [0.3, 0.4) is 0 Å². The van der Waals surface area contributed by atoms with Crippen LogP contribution in [0.4, 0.5) is 5.69 Å². The highest BCUT2D eigenvalue weighted by Gasteiger charge is 2.17. The number of nitrogens with zero attached hydrogens (tertiary/aromatic N) is 2. The maximum Gasteiger partial charge on any atom is 0.277 e. The molecule has 1 saturated heterocycles. The smallest absolute Gasteiger partial charge is 0.277 e. The van der Waals surface area contributed by atoms with Crippen LogP contribution in [0.1, 0.15) is 5.56 Å². The van der Waals surface area contributed by atoms with E-state index < -0.39 is 10.0 Å². The van der Waals surface area contributed by atoms with E-state index in [2.05, 4.69) is 20.1 Å². The summed E-state index contributed by atoms with van der Waals surface area (Å²) in [5.74, 6) is 0. The number of fused-ring (bicyclic) bond motifs is 1. The molecule has 2 N–H and O–H groups in total. The third-order valence-corrected chi connectivity index (χ3v) is 6.50. The molecule has 1 aliphatic rings. The number of halogens is 1. The number of sulfonamides is 1. The highest BCUT2D eigenvalue weighted by Crippen LogP contribution is 2.27. The molecule has 29 heavy (non-hydrogen) atoms. The van der Waals surface area contributed by atoms with Gasteiger partial charge in [0.05, 0.1) is 16.1 Å². The number of nitrogens with one attached hydrogen (secondary N) is 2. The van der Waals surface area contributed by atoms with E-state index in [1.54, 1.807) is 24.3 Å². The SMILES string of the molecule is O=S(=O)(N/N=C\c1c(Cl)cccc1N1CCNCC1)c1cccc2ccccc12. The standard InChI is InChI=1S/C21H21ClN4O2S/c22-19-8-4-9-20(26-13-11-23-12-14-26)18(19)15-24-25-29(27,28)21-10-3-6-16-5-1-2-7-17(16)21/h1-10,15,23,25H,11-14H2/b24-15-. The molecule has 0 saturated carbocycles. The molecule has 8 heteroatoms. The second-order valence-corrected chi connectivity index (χ2v) is 8.78. The summed E-state index contributed by atoms with van der Waals surface area (Å²) in [7, 11) is -3.82. The minimum Gasteiger partial charge on any atom is -0.368 e. The first kappa shape index (κ1) is 19.7. The molecule has 0 aliphatic carbocycles. The van der Waals surface area contributed by atoms with Gasteiger partial charge in [0.2, 0.25) is 0 Å². The maximum absolute atomic E-state index is 12.8. The van der Waals surface area contributed by atoms with Gasteiger partial charge >= 0.3 is 0 Å². The van der Waals surface area contributed by atoms with Crippen LogP contribution in [0.25, 0.3) is 10.8 Å². The van der Waals surface area contributed by atoms with Crippen molar-refractivity contribution in [3.05, 3.63) is 71.2 Å². The lowest BCUT2D eigenvalue weighted by atomic mass is 10.1. The second kappa shape index (κ2) is 8.41. The van der Waals surface area contributed by atoms with Crippen molar-refractivity contribution in [3.63, 3.8) is 0 Å². The third-order valence-electron chi connectivity index (χ3n) is 4.89. The molecule has 0 radical (unpaired) electrons. The van der Waals surface area contributed by atoms with Gasteiger partial charge in [-0.3, -0.25) is 0 Å². The Kier molecular flexibility index (Phi) is 5.71. The van der Waals surface area contributed by atoms with Crippen molar-refractivity contribution in [2.75, 3.05) is 31.1 Å². The van der Waals surface area contributed by atoms with Crippen LogP contribution >= 0.6 is 11.6 Å². The number of hydrogen-bond acceptors (Lipinski definition) is 5. The lowest BCUT2D eigenvalue weighted by Gasteiger charge is -2.30. The van der Waals surface area contributed by atoms with Gasteiger partial charge in [0.15, 0.2) is 0 Å². The summed E-state index contributed by atoms with van der Waals surface area (Å²) >= 11 is 6.38. The topological polar surface area (TPSA) is 73.8 Å². The fourth-order valence-electron chi connectivity index (χ4n) is 3.47. The van der Waals surface area contributed by atoms with Gasteiger partial charge in [-0.1, -0.05) is 54.1 Å². The zero-order valence-electron chi connectivity index (χ0n) is 15.7. The van der Waals surface area contributed by atoms with E-state index in [-0.39, 0.29) is 4.90 Å². The van der Waals surface area contributed by atoms with Crippen molar-refractivity contribution in [2.24, 2.45) is 5.10 Å². The average Bonchev–Trinajstić information content (AvgIpc) is 2.75. The molecule has 6 nitrogen and oxygen atoms in total. The molecule has 1 heterocycles. The molecule has 150 valence electrons. The molecular formula is C21H21ClN4O2S. The Morgan fingerprint density at radius 3 is 2.55 bits per heavy atom. The van der Waals surface area contributed by atoms with E-state index in [4.69, 9.17) is 11.6 Å². The first-order chi connectivity index (χ1) is 14.1. The number of rotatable bonds is 5. The highest BCUT2D eigenvalue weighted by atomic mass is 35.5. The number of hydrazone groups is 1. The first-order valence-corrected chi connectivity index (χ1v) is 11.2. The molecule has 0 bridgehead atoms. The summed E-state index contributed by atoms with van der Waals surface area (Å²) in [5, 5.41) is 9.36. The Morgan fingerprint density at radius 1 is 1.00 bits per heavy atom. The maximum atomic E-state index is 12.8. The summed E-state index contributed by atoms with van der Waals surface area (Å²) in [5.41, 5.74) is 1.63. The van der Waals surface area contributed by atoms with Crippen molar-refractivity contribution < 1.29 is 8.42 Å². The number of hydrogen-bond donors (Lipinski definition) is 2. The van der Waals surface area contributed by atoms with E-state index in [9.17, 15) is 8.42 Å². The van der Waals surface area contributed by atoms with Crippen molar-refractivity contribution in [3.8, 4) is 0 Å². The zero-order chi connectivity index (χ0) is 20.3. The Labute approximate surface area is 175 Å². The summed E-state index contributed by atoms with van der Waals surface area (Å²) in [6, 6.07) is 18.1. The quantitative estimate of drug-likeness (QED) is 0.483. The third kappa shape index (κ3) is 4.22. The van der Waals surface area contributed by atoms with Gasteiger partial charge in [0, 0.05) is 42.8 Å². The number of anilines is 1. The molecule has 0 amide bonds. The van der Waals surface area contributed by atoms with Gasteiger partial charge in [0.1, 0.15) is 0 Å². The molecule has 3 aromatic carbocycles. The summed E-state index contributed by atoms with van der Waals surface area (Å²) < 4.78 is 25.7. The number of benzene rings is 3. The normalized spacial score (nSPS) is 15.1. The predicted molar refractivity (Wildman–Crippen MR) is 118 cm³/mol. The van der Waals surface area contributed by atoms with Gasteiger partial charge in [0.25, 0.3) is 10.0 Å². The predicted octanol–water partition coefficient (Wildman–Crippen LogP) is 3.22. The van der Waals surface area contributed by atoms with Crippen LogP contribution in [-0.2, 0) is 10.0 Å². The van der Waals surface area contributed by atoms with E-state index >= 15 is 0 Å². The van der Waals surface area contributed by atoms with Gasteiger partial charge in [-0.2, -0.15) is 13.5 Å². The minimum absolute atomic E-state index is 0.189. The molecule has 0 atom stereocenters. The van der Waals surface area contributed by atoms with Crippen molar-refractivity contribution >= 4 is 44.3 Å². The molecule has 4 rings (SSSR count). The molecule has 0 unspecified atom stereocenters. The van der Waals surface area contributed by atoms with Gasteiger partial charge in [-0.25, -0.2) is 4.83 Å². The molecule has 0 spiro atoms. The first-order valence-electron chi connectivity index (χ1n) is 9.33. The van der Waals surface area contributed by atoms with Crippen molar-refractivity contribution in [2.45, 2.75) is 4.90 Å². The van der Waals surface area contributed by atoms with E-state index in [0.29, 0.717) is 16.0 Å². The Bertz CT molecular complexity index is 1150. The number of piperazine rings is 1. The van der Waals surface area contributed by atoms with Crippen molar-refractivity contribution in [1.82, 2.24) is 10.1 Å². The van der Waals surface area contributed by atoms with Crippen LogP contribution in [0.5, 0.6) is 0 Å². The molecule has 0 aromatic heterocycles. The zero-order valence-corrected chi connectivity index (χ0v) is 17.2. The van der Waals surface area contributed by atoms with Gasteiger partial charge in [-0.15, -0.1) is 0 Å². The average molecular weight is 429 g/mol. The molecule has 1 fully saturated rings. The minimum atomic E-state index is -3.82. The lowest BCUT2D eigenvalue weighted by Crippen LogP contribution is -2.43. The molecule has 3 aromatic rings. The van der Waals surface area contributed by atoms with Crippen LogP contribution < -0.4 is 15.0 Å². The van der Waals surface area contributed by atoms with Crippen LogP contribution in [-0.4, -0.2) is 40.8 Å². The molecular weight excluding hydrogens is 408 g/mol. The van der Waals surface area contributed by atoms with E-state index in [1.165, 1.54) is 6.21 Å². The van der Waals surface area contributed by atoms with E-state index in [1.807, 2.05) is 36.4 Å². The lowest BCUT2D eigenvalue weighted by molar-refractivity contribution is 0.585. The van der Waals surface area contributed by atoms with Crippen LogP contribution in [0.15, 0.2) is 70.7 Å². The largest absolute Gasteiger partial charge is 0.368 e. The van der Waals surface area contributed by atoms with Gasteiger partial charge in [-0.05, 0) is 23.6 Å². The highest BCUT2D eigenvalue weighted by molar-refractivity contribution is 7.89. The monoisotopic (exact) mass is 428 g/mol. The van der Waals surface area contributed by atoms with Gasteiger partial charge < -0.3 is 10.2 Å². The summed E-state index contributed by atoms with van der Waals surface area (Å²) in [6.07, 6.45) is 1.47. The van der Waals surface area contributed by atoms with Crippen LogP contribution in [0, 0.1) is 0 Å². The van der Waals surface area contributed by atoms with Crippen LogP contribution in [0.2, 0.25) is 5.02 Å². The molecule has 1 aliphatic heterocycles. The Hall–Kier alpha value is -2.61. The Morgan fingerprint density at radius 2 is 1.72 bits per heavy atom. The fourth-order valence-corrected chi connectivity index (χ4v) is 4.72. The Balaban J connectivity index is 1.62. The van der Waals surface area contributed by atoms with E-state index in [0.717, 1.165) is 37.3 Å². The second-order valence-electron chi connectivity index (χ2n) is 6.74.